The molecule has 23 heavy (non-hydrogen) atoms. The van der Waals surface area contributed by atoms with Crippen molar-refractivity contribution in [3.05, 3.63) is 28.2 Å². The molecule has 0 aliphatic carbocycles. The highest BCUT2D eigenvalue weighted by Gasteiger charge is 2.26. The molecule has 1 atom stereocenters. The molecule has 1 heterocycles. The highest BCUT2D eigenvalue weighted by atomic mass is 35.5. The normalized spacial score (nSPS) is 17.1. The van der Waals surface area contributed by atoms with Gasteiger partial charge in [-0.2, -0.15) is 0 Å². The van der Waals surface area contributed by atoms with Crippen molar-refractivity contribution in [3.63, 3.8) is 0 Å². The van der Waals surface area contributed by atoms with Crippen molar-refractivity contribution in [2.45, 2.75) is 32.8 Å². The molecule has 0 bridgehead atoms. The van der Waals surface area contributed by atoms with Crippen LogP contribution in [-0.4, -0.2) is 43.1 Å². The second-order valence-electron chi connectivity index (χ2n) is 5.91. The van der Waals surface area contributed by atoms with Crippen LogP contribution in [0.3, 0.4) is 0 Å². The third-order valence-electron chi connectivity index (χ3n) is 4.16. The molecule has 1 aliphatic heterocycles. The number of hydrogen-bond donors (Lipinski definition) is 1. The zero-order valence-electron chi connectivity index (χ0n) is 13.6. The number of benzene rings is 1. The Labute approximate surface area is 148 Å². The van der Waals surface area contributed by atoms with Crippen molar-refractivity contribution in [1.29, 1.82) is 0 Å². The summed E-state index contributed by atoms with van der Waals surface area (Å²) in [5.74, 6) is 1.24. The number of likely N-dealkylation sites (tertiary alicyclic amines) is 1. The standard InChI is InChI=1S/C17H24Cl2N2O2/c1-3-20-11-13-6-8-21(9-7-13)17(22)12(2)23-14-4-5-15(18)16(19)10-14/h4-5,10,12-13,20H,3,6-9,11H2,1-2H3. The molecule has 1 N–H and O–H groups in total. The number of nitrogens with zero attached hydrogens (tertiary/aromatic N) is 1. The molecule has 1 saturated heterocycles. The molecule has 6 heteroatoms. The van der Waals surface area contributed by atoms with E-state index < -0.39 is 6.10 Å². The van der Waals surface area contributed by atoms with E-state index in [0.29, 0.717) is 21.7 Å². The predicted octanol–water partition coefficient (Wildman–Crippen LogP) is 3.61. The lowest BCUT2D eigenvalue weighted by atomic mass is 9.96. The summed E-state index contributed by atoms with van der Waals surface area (Å²) in [5.41, 5.74) is 0. The summed E-state index contributed by atoms with van der Waals surface area (Å²) >= 11 is 11.9. The minimum Gasteiger partial charge on any atom is -0.481 e. The summed E-state index contributed by atoms with van der Waals surface area (Å²) in [5, 5.41) is 4.27. The van der Waals surface area contributed by atoms with Crippen LogP contribution in [0, 0.1) is 5.92 Å². The zero-order chi connectivity index (χ0) is 16.8. The van der Waals surface area contributed by atoms with Crippen LogP contribution in [0.4, 0.5) is 0 Å². The maximum Gasteiger partial charge on any atom is 0.263 e. The van der Waals surface area contributed by atoms with Crippen LogP contribution >= 0.6 is 23.2 Å². The Hall–Kier alpha value is -0.970. The van der Waals surface area contributed by atoms with Gasteiger partial charge in [0.25, 0.3) is 5.91 Å². The first-order chi connectivity index (χ1) is 11.0. The van der Waals surface area contributed by atoms with Gasteiger partial charge in [-0.25, -0.2) is 0 Å². The quantitative estimate of drug-likeness (QED) is 0.844. The predicted molar refractivity (Wildman–Crippen MR) is 94.4 cm³/mol. The summed E-state index contributed by atoms with van der Waals surface area (Å²) in [6.07, 6.45) is 1.55. The average Bonchev–Trinajstić information content (AvgIpc) is 2.56. The van der Waals surface area contributed by atoms with Crippen molar-refractivity contribution in [3.8, 4) is 5.75 Å². The van der Waals surface area contributed by atoms with E-state index in [1.807, 2.05) is 4.90 Å². The van der Waals surface area contributed by atoms with Crippen LogP contribution in [0.25, 0.3) is 0 Å². The SMILES string of the molecule is CCNCC1CCN(C(=O)C(C)Oc2ccc(Cl)c(Cl)c2)CC1. The largest absolute Gasteiger partial charge is 0.481 e. The molecule has 0 saturated carbocycles. The highest BCUT2D eigenvalue weighted by Crippen LogP contribution is 2.27. The third-order valence-corrected chi connectivity index (χ3v) is 4.90. The number of hydrogen-bond acceptors (Lipinski definition) is 3. The molecular weight excluding hydrogens is 335 g/mol. The van der Waals surface area contributed by atoms with Crippen LogP contribution < -0.4 is 10.1 Å². The van der Waals surface area contributed by atoms with Crippen LogP contribution in [-0.2, 0) is 4.79 Å². The van der Waals surface area contributed by atoms with Gasteiger partial charge in [0.15, 0.2) is 6.10 Å². The van der Waals surface area contributed by atoms with Crippen LogP contribution in [0.1, 0.15) is 26.7 Å². The van der Waals surface area contributed by atoms with Crippen LogP contribution in [0.15, 0.2) is 18.2 Å². The molecule has 1 aromatic rings. The molecule has 1 aliphatic rings. The lowest BCUT2D eigenvalue weighted by Gasteiger charge is -2.33. The topological polar surface area (TPSA) is 41.6 Å². The van der Waals surface area contributed by atoms with E-state index in [0.717, 1.165) is 39.0 Å². The molecule has 0 aromatic heterocycles. The average molecular weight is 359 g/mol. The van der Waals surface area contributed by atoms with E-state index in [1.54, 1.807) is 25.1 Å². The number of carbonyl (C=O) groups excluding carboxylic acids is 1. The maximum atomic E-state index is 12.5. The summed E-state index contributed by atoms with van der Waals surface area (Å²) in [4.78, 5) is 14.4. The van der Waals surface area contributed by atoms with Gasteiger partial charge in [-0.1, -0.05) is 30.1 Å². The van der Waals surface area contributed by atoms with Crippen molar-refractivity contribution >= 4 is 29.1 Å². The molecule has 2 rings (SSSR count). The number of carbonyl (C=O) groups is 1. The molecule has 4 nitrogen and oxygen atoms in total. The van der Waals surface area contributed by atoms with Crippen molar-refractivity contribution in [2.75, 3.05) is 26.2 Å². The second-order valence-corrected chi connectivity index (χ2v) is 6.73. The van der Waals surface area contributed by atoms with Gasteiger partial charge >= 0.3 is 0 Å². The van der Waals surface area contributed by atoms with Crippen LogP contribution in [0.5, 0.6) is 5.75 Å². The Balaban J connectivity index is 1.84. The first kappa shape index (κ1) is 18.4. The Bertz CT molecular complexity index is 531. The number of ether oxygens (including phenoxy) is 1. The van der Waals surface area contributed by atoms with E-state index in [9.17, 15) is 4.79 Å². The molecule has 1 amide bonds. The number of halogens is 2. The smallest absolute Gasteiger partial charge is 0.263 e. The highest BCUT2D eigenvalue weighted by molar-refractivity contribution is 6.42. The lowest BCUT2D eigenvalue weighted by molar-refractivity contribution is -0.139. The van der Waals surface area contributed by atoms with E-state index in [2.05, 4.69) is 12.2 Å². The summed E-state index contributed by atoms with van der Waals surface area (Å²) in [6, 6.07) is 5.03. The van der Waals surface area contributed by atoms with E-state index in [-0.39, 0.29) is 5.91 Å². The molecule has 128 valence electrons. The van der Waals surface area contributed by atoms with Crippen molar-refractivity contribution < 1.29 is 9.53 Å². The minimum absolute atomic E-state index is 0.0259. The van der Waals surface area contributed by atoms with Gasteiger partial charge in [0.1, 0.15) is 5.75 Å². The number of rotatable bonds is 6. The fourth-order valence-corrected chi connectivity index (χ4v) is 3.06. The molecule has 1 fully saturated rings. The van der Waals surface area contributed by atoms with Gasteiger partial charge in [0, 0.05) is 19.2 Å². The number of piperidine rings is 1. The lowest BCUT2D eigenvalue weighted by Crippen LogP contribution is -2.45. The first-order valence-corrected chi connectivity index (χ1v) is 8.88. The molecular formula is C17H24Cl2N2O2. The Morgan fingerprint density at radius 1 is 1.35 bits per heavy atom. The fraction of sp³-hybridized carbons (Fsp3) is 0.588. The molecule has 1 unspecified atom stereocenters. The van der Waals surface area contributed by atoms with Gasteiger partial charge in [-0.3, -0.25) is 4.79 Å². The summed E-state index contributed by atoms with van der Waals surface area (Å²) in [6.45, 7) is 7.51. The minimum atomic E-state index is -0.530. The summed E-state index contributed by atoms with van der Waals surface area (Å²) in [7, 11) is 0. The van der Waals surface area contributed by atoms with E-state index in [4.69, 9.17) is 27.9 Å². The van der Waals surface area contributed by atoms with Crippen LogP contribution in [0.2, 0.25) is 10.0 Å². The van der Waals surface area contributed by atoms with Crippen molar-refractivity contribution in [2.24, 2.45) is 5.92 Å². The van der Waals surface area contributed by atoms with E-state index in [1.165, 1.54) is 0 Å². The Morgan fingerprint density at radius 2 is 2.04 bits per heavy atom. The molecule has 0 radical (unpaired) electrons. The Morgan fingerprint density at radius 3 is 2.65 bits per heavy atom. The number of amides is 1. The van der Waals surface area contributed by atoms with Gasteiger partial charge in [-0.05, 0) is 50.9 Å². The second kappa shape index (κ2) is 8.76. The van der Waals surface area contributed by atoms with Gasteiger partial charge < -0.3 is 15.0 Å². The summed E-state index contributed by atoms with van der Waals surface area (Å²) < 4.78 is 5.71. The first-order valence-electron chi connectivity index (χ1n) is 8.12. The van der Waals surface area contributed by atoms with E-state index >= 15 is 0 Å². The molecule has 1 aromatic carbocycles. The third kappa shape index (κ3) is 5.27. The van der Waals surface area contributed by atoms with Gasteiger partial charge in [0.2, 0.25) is 0 Å². The zero-order valence-corrected chi connectivity index (χ0v) is 15.2. The molecule has 0 spiro atoms. The maximum absolute atomic E-state index is 12.5. The van der Waals surface area contributed by atoms with Gasteiger partial charge in [0.05, 0.1) is 10.0 Å². The van der Waals surface area contributed by atoms with Gasteiger partial charge in [-0.15, -0.1) is 0 Å². The Kier molecular flexibility index (Phi) is 7.00. The number of nitrogens with one attached hydrogen (secondary N) is 1. The van der Waals surface area contributed by atoms with Crippen molar-refractivity contribution in [1.82, 2.24) is 10.2 Å². The monoisotopic (exact) mass is 358 g/mol. The fourth-order valence-electron chi connectivity index (χ4n) is 2.77.